The van der Waals surface area contributed by atoms with E-state index in [0.717, 1.165) is 43.5 Å². The van der Waals surface area contributed by atoms with E-state index in [-0.39, 0.29) is 11.9 Å². The van der Waals surface area contributed by atoms with Crippen molar-refractivity contribution in [3.05, 3.63) is 42.2 Å². The molecule has 4 rings (SSSR count). The zero-order valence-electron chi connectivity index (χ0n) is 16.9. The fourth-order valence-electron chi connectivity index (χ4n) is 3.54. The van der Waals surface area contributed by atoms with E-state index in [1.165, 1.54) is 0 Å². The monoisotopic (exact) mass is 395 g/mol. The van der Waals surface area contributed by atoms with Gasteiger partial charge >= 0.3 is 0 Å². The van der Waals surface area contributed by atoms with Crippen molar-refractivity contribution in [2.24, 2.45) is 0 Å². The van der Waals surface area contributed by atoms with Crippen LogP contribution in [0.15, 0.2) is 36.4 Å². The van der Waals surface area contributed by atoms with Gasteiger partial charge in [-0.1, -0.05) is 12.1 Å². The molecule has 1 saturated heterocycles. The number of aryl methyl sites for hydroxylation is 1. The molecule has 152 valence electrons. The molecule has 1 aliphatic heterocycles. The molecule has 3 heterocycles. The molecule has 0 radical (unpaired) electrons. The van der Waals surface area contributed by atoms with E-state index in [2.05, 4.69) is 30.4 Å². The Labute approximate surface area is 169 Å². The summed E-state index contributed by atoms with van der Waals surface area (Å²) in [7, 11) is 1.60. The Kier molecular flexibility index (Phi) is 5.30. The number of anilines is 2. The lowest BCUT2D eigenvalue weighted by molar-refractivity contribution is -0.120. The molecular weight excluding hydrogens is 370 g/mol. The summed E-state index contributed by atoms with van der Waals surface area (Å²) in [5, 5.41) is 15.8. The van der Waals surface area contributed by atoms with Crippen molar-refractivity contribution in [2.75, 3.05) is 43.5 Å². The number of nitrogens with one attached hydrogen (secondary N) is 1. The second-order valence-corrected chi connectivity index (χ2v) is 7.10. The highest BCUT2D eigenvalue weighted by Gasteiger charge is 2.26. The van der Waals surface area contributed by atoms with Gasteiger partial charge in [-0.05, 0) is 38.1 Å². The van der Waals surface area contributed by atoms with Crippen molar-refractivity contribution in [3.63, 3.8) is 0 Å². The van der Waals surface area contributed by atoms with Gasteiger partial charge in [-0.3, -0.25) is 9.69 Å². The summed E-state index contributed by atoms with van der Waals surface area (Å²) in [6.45, 7) is 6.97. The Morgan fingerprint density at radius 1 is 1.10 bits per heavy atom. The number of methoxy groups -OCH3 is 1. The average Bonchev–Trinajstić information content (AvgIpc) is 3.14. The molecule has 0 bridgehead atoms. The molecule has 0 saturated carbocycles. The number of hydrogen-bond acceptors (Lipinski definition) is 7. The number of fused-ring (bicyclic) bond motifs is 1. The molecule has 9 heteroatoms. The topological polar surface area (TPSA) is 87.9 Å². The van der Waals surface area contributed by atoms with Crippen LogP contribution in [0.1, 0.15) is 12.7 Å². The van der Waals surface area contributed by atoms with Gasteiger partial charge in [0, 0.05) is 26.2 Å². The second-order valence-electron chi connectivity index (χ2n) is 7.10. The Morgan fingerprint density at radius 3 is 2.62 bits per heavy atom. The van der Waals surface area contributed by atoms with Crippen molar-refractivity contribution in [1.82, 2.24) is 24.7 Å². The van der Waals surface area contributed by atoms with Crippen LogP contribution in [0, 0.1) is 6.92 Å². The summed E-state index contributed by atoms with van der Waals surface area (Å²) in [6, 6.07) is 11.1. The number of piperazine rings is 1. The first-order valence-electron chi connectivity index (χ1n) is 9.69. The predicted octanol–water partition coefficient (Wildman–Crippen LogP) is 1.59. The molecule has 1 aliphatic rings. The smallest absolute Gasteiger partial charge is 0.241 e. The summed E-state index contributed by atoms with van der Waals surface area (Å²) >= 11 is 0. The maximum absolute atomic E-state index is 12.7. The number of carbonyl (C=O) groups excluding carboxylic acids is 1. The summed E-state index contributed by atoms with van der Waals surface area (Å²) in [4.78, 5) is 17.1. The van der Waals surface area contributed by atoms with Gasteiger partial charge in [-0.2, -0.15) is 4.52 Å². The minimum Gasteiger partial charge on any atom is -0.495 e. The summed E-state index contributed by atoms with van der Waals surface area (Å²) < 4.78 is 7.07. The van der Waals surface area contributed by atoms with Crippen molar-refractivity contribution < 1.29 is 9.53 Å². The van der Waals surface area contributed by atoms with Gasteiger partial charge in [0.2, 0.25) is 5.91 Å². The third-order valence-corrected chi connectivity index (χ3v) is 5.33. The SMILES string of the molecule is COc1ccccc1NC(=O)[C@@H](C)N1CCN(c2ccc3nnc(C)n3n2)CC1. The molecular formula is C20H25N7O2. The number of ether oxygens (including phenoxy) is 1. The lowest BCUT2D eigenvalue weighted by Crippen LogP contribution is -2.53. The lowest BCUT2D eigenvalue weighted by Gasteiger charge is -2.37. The third kappa shape index (κ3) is 3.86. The van der Waals surface area contributed by atoms with Crippen molar-refractivity contribution >= 4 is 23.1 Å². The molecule has 0 unspecified atom stereocenters. The molecule has 2 aromatic heterocycles. The molecule has 9 nitrogen and oxygen atoms in total. The van der Waals surface area contributed by atoms with Crippen molar-refractivity contribution in [1.29, 1.82) is 0 Å². The molecule has 0 spiro atoms. The summed E-state index contributed by atoms with van der Waals surface area (Å²) in [5.74, 6) is 2.28. The Bertz CT molecular complexity index is 1010. The predicted molar refractivity (Wildman–Crippen MR) is 110 cm³/mol. The minimum atomic E-state index is -0.238. The highest BCUT2D eigenvalue weighted by atomic mass is 16.5. The van der Waals surface area contributed by atoms with Gasteiger partial charge in [0.1, 0.15) is 11.6 Å². The van der Waals surface area contributed by atoms with Gasteiger partial charge in [0.15, 0.2) is 11.5 Å². The molecule has 0 aliphatic carbocycles. The van der Waals surface area contributed by atoms with Crippen molar-refractivity contribution in [3.8, 4) is 5.75 Å². The van der Waals surface area contributed by atoms with Crippen LogP contribution in [0.25, 0.3) is 5.65 Å². The third-order valence-electron chi connectivity index (χ3n) is 5.33. The molecule has 1 fully saturated rings. The maximum Gasteiger partial charge on any atom is 0.241 e. The normalized spacial score (nSPS) is 16.0. The number of para-hydroxylation sites is 2. The van der Waals surface area contributed by atoms with Crippen LogP contribution < -0.4 is 15.0 Å². The van der Waals surface area contributed by atoms with E-state index in [4.69, 9.17) is 4.74 Å². The zero-order chi connectivity index (χ0) is 20.4. The second kappa shape index (κ2) is 8.04. The zero-order valence-corrected chi connectivity index (χ0v) is 16.9. The van der Waals surface area contributed by atoms with Crippen LogP contribution in [0.4, 0.5) is 11.5 Å². The number of aromatic nitrogens is 4. The largest absolute Gasteiger partial charge is 0.495 e. The van der Waals surface area contributed by atoms with Crippen LogP contribution in [0.3, 0.4) is 0 Å². The lowest BCUT2D eigenvalue weighted by atomic mass is 10.2. The Morgan fingerprint density at radius 2 is 1.86 bits per heavy atom. The molecule has 1 N–H and O–H groups in total. The summed E-state index contributed by atoms with van der Waals surface area (Å²) in [6.07, 6.45) is 0. The number of rotatable bonds is 5. The molecule has 1 amide bonds. The van der Waals surface area contributed by atoms with Crippen LogP contribution in [0.5, 0.6) is 5.75 Å². The van der Waals surface area contributed by atoms with Crippen LogP contribution in [-0.4, -0.2) is 69.9 Å². The first kappa shape index (κ1) is 19.1. The fourth-order valence-corrected chi connectivity index (χ4v) is 3.54. The van der Waals surface area contributed by atoms with Crippen LogP contribution in [0.2, 0.25) is 0 Å². The van der Waals surface area contributed by atoms with E-state index in [1.54, 1.807) is 11.6 Å². The quantitative estimate of drug-likeness (QED) is 0.702. The van der Waals surface area contributed by atoms with E-state index >= 15 is 0 Å². The van der Waals surface area contributed by atoms with Crippen molar-refractivity contribution in [2.45, 2.75) is 19.9 Å². The number of amides is 1. The standard InChI is InChI=1S/C20H25N7O2/c1-14(20(28)21-16-6-4-5-7-17(16)29-3)25-10-12-26(13-11-25)19-9-8-18-23-22-15(2)27(18)24-19/h4-9,14H,10-13H2,1-3H3,(H,21,28)/t14-/m1/s1. The maximum atomic E-state index is 12.7. The molecule has 29 heavy (non-hydrogen) atoms. The molecule has 1 atom stereocenters. The van der Waals surface area contributed by atoms with Gasteiger partial charge in [-0.25, -0.2) is 0 Å². The van der Waals surface area contributed by atoms with E-state index in [9.17, 15) is 4.79 Å². The van der Waals surface area contributed by atoms with E-state index in [0.29, 0.717) is 11.4 Å². The highest BCUT2D eigenvalue weighted by molar-refractivity contribution is 5.95. The van der Waals surface area contributed by atoms with Gasteiger partial charge in [-0.15, -0.1) is 15.3 Å². The number of carbonyl (C=O) groups is 1. The highest BCUT2D eigenvalue weighted by Crippen LogP contribution is 2.24. The van der Waals surface area contributed by atoms with Crippen LogP contribution in [-0.2, 0) is 4.79 Å². The fraction of sp³-hybridized carbons (Fsp3) is 0.400. The number of nitrogens with zero attached hydrogens (tertiary/aromatic N) is 6. The average molecular weight is 395 g/mol. The van der Waals surface area contributed by atoms with E-state index in [1.807, 2.05) is 50.2 Å². The first-order chi connectivity index (χ1) is 14.1. The molecule has 3 aromatic rings. The molecule has 1 aromatic carbocycles. The van der Waals surface area contributed by atoms with Gasteiger partial charge in [0.25, 0.3) is 0 Å². The number of hydrogen-bond donors (Lipinski definition) is 1. The van der Waals surface area contributed by atoms with Gasteiger partial charge < -0.3 is 15.0 Å². The number of benzene rings is 1. The first-order valence-corrected chi connectivity index (χ1v) is 9.69. The van der Waals surface area contributed by atoms with Gasteiger partial charge in [0.05, 0.1) is 18.8 Å². The Balaban J connectivity index is 1.38. The summed E-state index contributed by atoms with van der Waals surface area (Å²) in [5.41, 5.74) is 1.43. The minimum absolute atomic E-state index is 0.0393. The van der Waals surface area contributed by atoms with Crippen LogP contribution >= 0.6 is 0 Å². The Hall–Kier alpha value is -3.20. The van der Waals surface area contributed by atoms with E-state index < -0.39 is 0 Å².